The van der Waals surface area contributed by atoms with Gasteiger partial charge in [0.15, 0.2) is 11.6 Å². The van der Waals surface area contributed by atoms with Gasteiger partial charge >= 0.3 is 23.9 Å². The van der Waals surface area contributed by atoms with E-state index >= 15 is 0 Å². The van der Waals surface area contributed by atoms with E-state index in [-0.39, 0.29) is 54.5 Å². The molecule has 0 radical (unpaired) electrons. The standard InChI is InChI=1S/C32H27F3O10/c1-18(2)29(36)42-15-13-40-22-9-5-20(6-10-22)31(38)44-25-17-24(33)28(27(35)26(25)34)45-32(39)21-7-11-23(12-8-21)41-14-16-43-30(37)19(3)4/h5-12,17H,1,3,13-16H2,2,4H3. The zero-order chi connectivity index (χ0) is 33.1. The van der Waals surface area contributed by atoms with Crippen LogP contribution in [0.25, 0.3) is 0 Å². The van der Waals surface area contributed by atoms with Crippen LogP contribution in [-0.4, -0.2) is 50.3 Å². The van der Waals surface area contributed by atoms with Crippen LogP contribution in [-0.2, 0) is 19.1 Å². The minimum absolute atomic E-state index is 0.00549. The maximum atomic E-state index is 14.7. The van der Waals surface area contributed by atoms with E-state index < -0.39 is 52.8 Å². The highest BCUT2D eigenvalue weighted by molar-refractivity contribution is 5.92. The fourth-order valence-corrected chi connectivity index (χ4v) is 3.24. The van der Waals surface area contributed by atoms with Crippen molar-refractivity contribution in [2.45, 2.75) is 13.8 Å². The van der Waals surface area contributed by atoms with Gasteiger partial charge in [0, 0.05) is 17.2 Å². The van der Waals surface area contributed by atoms with E-state index in [9.17, 15) is 32.3 Å². The van der Waals surface area contributed by atoms with Crippen LogP contribution in [0.15, 0.2) is 78.9 Å². The first-order valence-electron chi connectivity index (χ1n) is 13.1. The minimum atomic E-state index is -1.90. The number of hydrogen-bond donors (Lipinski definition) is 0. The lowest BCUT2D eigenvalue weighted by molar-refractivity contribution is -0.140. The molecular weight excluding hydrogens is 601 g/mol. The van der Waals surface area contributed by atoms with E-state index in [4.69, 9.17) is 28.4 Å². The van der Waals surface area contributed by atoms with Gasteiger partial charge in [-0.1, -0.05) is 13.2 Å². The molecule has 10 nitrogen and oxygen atoms in total. The van der Waals surface area contributed by atoms with Gasteiger partial charge in [0.05, 0.1) is 11.1 Å². The van der Waals surface area contributed by atoms with E-state index in [1.54, 1.807) is 0 Å². The lowest BCUT2D eigenvalue weighted by atomic mass is 10.2. The third-order valence-corrected chi connectivity index (χ3v) is 5.53. The van der Waals surface area contributed by atoms with Crippen LogP contribution in [0.4, 0.5) is 13.2 Å². The van der Waals surface area contributed by atoms with Crippen molar-refractivity contribution in [3.8, 4) is 23.0 Å². The summed E-state index contributed by atoms with van der Waals surface area (Å²) in [6.07, 6.45) is 0. The minimum Gasteiger partial charge on any atom is -0.490 e. The van der Waals surface area contributed by atoms with E-state index in [0.717, 1.165) is 0 Å². The van der Waals surface area contributed by atoms with Crippen molar-refractivity contribution in [2.75, 3.05) is 26.4 Å². The lowest BCUT2D eigenvalue weighted by Gasteiger charge is -2.12. The summed E-state index contributed by atoms with van der Waals surface area (Å²) in [5.41, 5.74) is 0.212. The highest BCUT2D eigenvalue weighted by atomic mass is 19.2. The zero-order valence-electron chi connectivity index (χ0n) is 24.2. The number of carbonyl (C=O) groups is 4. The number of rotatable bonds is 14. The number of benzene rings is 3. The average Bonchev–Trinajstić information content (AvgIpc) is 3.02. The number of hydrogen-bond acceptors (Lipinski definition) is 10. The van der Waals surface area contributed by atoms with Crippen LogP contribution in [0.3, 0.4) is 0 Å². The number of ether oxygens (including phenoxy) is 6. The molecule has 0 aliphatic carbocycles. The molecule has 236 valence electrons. The zero-order valence-corrected chi connectivity index (χ0v) is 24.2. The second kappa shape index (κ2) is 15.8. The van der Waals surface area contributed by atoms with Crippen molar-refractivity contribution >= 4 is 23.9 Å². The summed E-state index contributed by atoms with van der Waals surface area (Å²) < 4.78 is 74.1. The molecule has 0 aliphatic rings. The Morgan fingerprint density at radius 3 is 1.47 bits per heavy atom. The predicted molar refractivity (Wildman–Crippen MR) is 152 cm³/mol. The summed E-state index contributed by atoms with van der Waals surface area (Å²) in [4.78, 5) is 47.6. The SMILES string of the molecule is C=C(C)C(=O)OCCOc1ccc(C(=O)Oc2cc(F)c(OC(=O)c3ccc(OCCOC(=O)C(=C)C)cc3)c(F)c2F)cc1. The Morgan fingerprint density at radius 2 is 1.04 bits per heavy atom. The average molecular weight is 629 g/mol. The van der Waals surface area contributed by atoms with Gasteiger partial charge in [0.1, 0.15) is 37.9 Å². The van der Waals surface area contributed by atoms with Crippen LogP contribution in [0, 0.1) is 17.5 Å². The molecule has 0 saturated heterocycles. The molecule has 0 spiro atoms. The van der Waals surface area contributed by atoms with Gasteiger partial charge in [-0.25, -0.2) is 23.6 Å². The maximum absolute atomic E-state index is 14.7. The normalized spacial score (nSPS) is 10.3. The lowest BCUT2D eigenvalue weighted by Crippen LogP contribution is -2.14. The van der Waals surface area contributed by atoms with E-state index in [1.807, 2.05) is 0 Å². The molecule has 3 aromatic carbocycles. The molecular formula is C32H27F3O10. The largest absolute Gasteiger partial charge is 0.490 e. The van der Waals surface area contributed by atoms with Crippen LogP contribution in [0.2, 0.25) is 0 Å². The second-order valence-electron chi connectivity index (χ2n) is 9.17. The molecule has 0 bridgehead atoms. The van der Waals surface area contributed by atoms with E-state index in [1.165, 1.54) is 62.4 Å². The Bertz CT molecular complexity index is 1600. The Labute approximate surface area is 255 Å². The fraction of sp³-hybridized carbons (Fsp3) is 0.188. The van der Waals surface area contributed by atoms with Crippen LogP contribution in [0.1, 0.15) is 34.6 Å². The topological polar surface area (TPSA) is 124 Å². The van der Waals surface area contributed by atoms with Crippen molar-refractivity contribution in [3.05, 3.63) is 107 Å². The smallest absolute Gasteiger partial charge is 0.343 e. The summed E-state index contributed by atoms with van der Waals surface area (Å²) in [5, 5.41) is 0. The Kier molecular flexibility index (Phi) is 11.9. The van der Waals surface area contributed by atoms with Crippen molar-refractivity contribution in [1.29, 1.82) is 0 Å². The summed E-state index contributed by atoms with van der Waals surface area (Å²) in [7, 11) is 0. The highest BCUT2D eigenvalue weighted by Crippen LogP contribution is 2.32. The van der Waals surface area contributed by atoms with E-state index in [0.29, 0.717) is 11.8 Å². The molecule has 0 heterocycles. The maximum Gasteiger partial charge on any atom is 0.343 e. The second-order valence-corrected chi connectivity index (χ2v) is 9.17. The third kappa shape index (κ3) is 9.71. The first kappa shape index (κ1) is 33.9. The van der Waals surface area contributed by atoms with Gasteiger partial charge in [-0.15, -0.1) is 0 Å². The molecule has 13 heteroatoms. The van der Waals surface area contributed by atoms with E-state index in [2.05, 4.69) is 13.2 Å². The van der Waals surface area contributed by atoms with Crippen LogP contribution in [0.5, 0.6) is 23.0 Å². The van der Waals surface area contributed by atoms with Gasteiger partial charge in [0.25, 0.3) is 0 Å². The molecule has 0 N–H and O–H groups in total. The van der Waals surface area contributed by atoms with Crippen molar-refractivity contribution < 1.29 is 60.8 Å². The Balaban J connectivity index is 1.57. The van der Waals surface area contributed by atoms with Crippen molar-refractivity contribution in [3.63, 3.8) is 0 Å². The molecule has 0 fully saturated rings. The summed E-state index contributed by atoms with van der Waals surface area (Å²) in [5.74, 6) is -10.5. The van der Waals surface area contributed by atoms with Gasteiger partial charge in [0.2, 0.25) is 17.4 Å². The van der Waals surface area contributed by atoms with Crippen LogP contribution < -0.4 is 18.9 Å². The molecule has 0 aliphatic heterocycles. The molecule has 0 unspecified atom stereocenters. The molecule has 0 atom stereocenters. The molecule has 0 amide bonds. The van der Waals surface area contributed by atoms with Crippen LogP contribution >= 0.6 is 0 Å². The van der Waals surface area contributed by atoms with Crippen molar-refractivity contribution in [2.24, 2.45) is 0 Å². The van der Waals surface area contributed by atoms with Crippen molar-refractivity contribution in [1.82, 2.24) is 0 Å². The quantitative estimate of drug-likeness (QED) is 0.0739. The molecule has 0 saturated carbocycles. The third-order valence-electron chi connectivity index (χ3n) is 5.53. The van der Waals surface area contributed by atoms with Gasteiger partial charge < -0.3 is 28.4 Å². The monoisotopic (exact) mass is 628 g/mol. The predicted octanol–water partition coefficient (Wildman–Crippen LogP) is 5.54. The highest BCUT2D eigenvalue weighted by Gasteiger charge is 2.26. The van der Waals surface area contributed by atoms with Gasteiger partial charge in [-0.05, 0) is 62.4 Å². The fourth-order valence-electron chi connectivity index (χ4n) is 3.24. The summed E-state index contributed by atoms with van der Waals surface area (Å²) >= 11 is 0. The number of carbonyl (C=O) groups excluding carboxylic acids is 4. The first-order valence-corrected chi connectivity index (χ1v) is 13.1. The Hall–Kier alpha value is -5.59. The molecule has 3 aromatic rings. The molecule has 45 heavy (non-hydrogen) atoms. The summed E-state index contributed by atoms with van der Waals surface area (Å²) in [6, 6.07) is 10.8. The Morgan fingerprint density at radius 1 is 0.622 bits per heavy atom. The molecule has 0 aromatic heterocycles. The first-order chi connectivity index (χ1) is 21.4. The van der Waals surface area contributed by atoms with Gasteiger partial charge in [-0.2, -0.15) is 8.78 Å². The number of halogens is 3. The molecule has 3 rings (SSSR count). The summed E-state index contributed by atoms with van der Waals surface area (Å²) in [6.45, 7) is 9.81. The number of esters is 4. The van der Waals surface area contributed by atoms with Gasteiger partial charge in [-0.3, -0.25) is 0 Å².